The predicted octanol–water partition coefficient (Wildman–Crippen LogP) is 3.96. The molecule has 3 rings (SSSR count). The summed E-state index contributed by atoms with van der Waals surface area (Å²) in [5.74, 6) is -0.615. The number of amides is 2. The number of nitrogens with one attached hydrogen (secondary N) is 3. The fraction of sp³-hybridized carbons (Fsp3) is 0.0455. The van der Waals surface area contributed by atoms with Crippen LogP contribution >= 0.6 is 0 Å². The molecule has 0 aliphatic carbocycles. The van der Waals surface area contributed by atoms with Crippen LogP contribution in [0.3, 0.4) is 0 Å². The first-order chi connectivity index (χ1) is 14.0. The van der Waals surface area contributed by atoms with Crippen LogP contribution in [0.1, 0.15) is 6.92 Å². The predicted molar refractivity (Wildman–Crippen MR) is 112 cm³/mol. The largest absolute Gasteiger partial charge is 0.507 e. The summed E-state index contributed by atoms with van der Waals surface area (Å²) in [5, 5.41) is 28.9. The smallest absolute Gasteiger partial charge is 0.267 e. The summed E-state index contributed by atoms with van der Waals surface area (Å²) >= 11 is 0. The van der Waals surface area contributed by atoms with E-state index in [2.05, 4.69) is 16.0 Å². The van der Waals surface area contributed by atoms with Crippen LogP contribution in [-0.2, 0) is 9.59 Å². The van der Waals surface area contributed by atoms with Crippen LogP contribution in [0.4, 0.5) is 17.1 Å². The summed E-state index contributed by atoms with van der Waals surface area (Å²) in [6.07, 6.45) is 1.32. The van der Waals surface area contributed by atoms with Gasteiger partial charge in [0.05, 0.1) is 0 Å². The number of aromatic hydroxyl groups is 1. The molecular formula is C22H18N4O3. The monoisotopic (exact) mass is 386 g/mol. The third kappa shape index (κ3) is 4.70. The van der Waals surface area contributed by atoms with Gasteiger partial charge in [-0.05, 0) is 36.4 Å². The van der Waals surface area contributed by atoms with E-state index in [0.717, 1.165) is 5.39 Å². The molecule has 4 N–H and O–H groups in total. The number of carbonyl (C=O) groups is 2. The average molecular weight is 386 g/mol. The molecule has 0 aromatic heterocycles. The first-order valence-corrected chi connectivity index (χ1v) is 8.74. The van der Waals surface area contributed by atoms with E-state index in [1.807, 2.05) is 12.1 Å². The lowest BCUT2D eigenvalue weighted by Gasteiger charge is -2.09. The van der Waals surface area contributed by atoms with E-state index in [9.17, 15) is 20.0 Å². The molecule has 0 bridgehead atoms. The Bertz CT molecular complexity index is 1140. The van der Waals surface area contributed by atoms with Gasteiger partial charge < -0.3 is 21.1 Å². The van der Waals surface area contributed by atoms with Gasteiger partial charge in [-0.25, -0.2) is 0 Å². The van der Waals surface area contributed by atoms with Crippen molar-refractivity contribution in [1.29, 1.82) is 5.26 Å². The Morgan fingerprint density at radius 2 is 1.55 bits per heavy atom. The quantitative estimate of drug-likeness (QED) is 0.391. The van der Waals surface area contributed by atoms with E-state index in [1.165, 1.54) is 13.1 Å². The van der Waals surface area contributed by atoms with Crippen molar-refractivity contribution in [2.75, 3.05) is 16.0 Å². The van der Waals surface area contributed by atoms with Crippen molar-refractivity contribution in [3.05, 3.63) is 72.4 Å². The van der Waals surface area contributed by atoms with Gasteiger partial charge in [0.1, 0.15) is 17.4 Å². The van der Waals surface area contributed by atoms with Gasteiger partial charge in [-0.15, -0.1) is 0 Å². The van der Waals surface area contributed by atoms with Crippen LogP contribution in [0.2, 0.25) is 0 Å². The van der Waals surface area contributed by atoms with E-state index in [-0.39, 0.29) is 17.2 Å². The summed E-state index contributed by atoms with van der Waals surface area (Å²) < 4.78 is 0. The number of nitriles is 1. The maximum absolute atomic E-state index is 12.4. The topological polar surface area (TPSA) is 114 Å². The minimum Gasteiger partial charge on any atom is -0.507 e. The minimum atomic E-state index is -0.574. The van der Waals surface area contributed by atoms with Crippen LogP contribution in [-0.4, -0.2) is 16.9 Å². The molecule has 7 nitrogen and oxygen atoms in total. The molecule has 29 heavy (non-hydrogen) atoms. The van der Waals surface area contributed by atoms with Gasteiger partial charge >= 0.3 is 0 Å². The molecule has 3 aromatic carbocycles. The molecule has 3 aromatic rings. The van der Waals surface area contributed by atoms with Crippen LogP contribution in [0, 0.1) is 11.3 Å². The lowest BCUT2D eigenvalue weighted by atomic mass is 10.1. The Morgan fingerprint density at radius 1 is 0.931 bits per heavy atom. The highest BCUT2D eigenvalue weighted by Crippen LogP contribution is 2.29. The number of phenols is 1. The van der Waals surface area contributed by atoms with Crippen LogP contribution in [0.25, 0.3) is 10.8 Å². The van der Waals surface area contributed by atoms with Crippen molar-refractivity contribution in [2.45, 2.75) is 6.92 Å². The Kier molecular flexibility index (Phi) is 5.76. The SMILES string of the molecule is CC(=O)Nc1ccc(NC(=O)/C(C#N)=C\Nc2cccc3c(O)cccc23)cc1. The third-order valence-corrected chi connectivity index (χ3v) is 4.10. The molecule has 0 saturated carbocycles. The van der Waals surface area contributed by atoms with Gasteiger partial charge in [0.15, 0.2) is 0 Å². The highest BCUT2D eigenvalue weighted by molar-refractivity contribution is 6.07. The number of carbonyl (C=O) groups excluding carboxylic acids is 2. The summed E-state index contributed by atoms with van der Waals surface area (Å²) in [6, 6.07) is 18.9. The molecule has 2 amide bonds. The van der Waals surface area contributed by atoms with Crippen LogP contribution < -0.4 is 16.0 Å². The van der Waals surface area contributed by atoms with Gasteiger partial charge in [-0.3, -0.25) is 9.59 Å². The molecule has 0 fully saturated rings. The van der Waals surface area contributed by atoms with Crippen LogP contribution in [0.5, 0.6) is 5.75 Å². The van der Waals surface area contributed by atoms with E-state index in [0.29, 0.717) is 22.4 Å². The maximum Gasteiger partial charge on any atom is 0.267 e. The van der Waals surface area contributed by atoms with Crippen molar-refractivity contribution in [1.82, 2.24) is 0 Å². The molecule has 0 atom stereocenters. The highest BCUT2D eigenvalue weighted by Gasteiger charge is 2.10. The number of phenolic OH excluding ortho intramolecular Hbond substituents is 1. The molecule has 0 saturated heterocycles. The number of rotatable bonds is 5. The summed E-state index contributed by atoms with van der Waals surface area (Å²) in [6.45, 7) is 1.41. The number of fused-ring (bicyclic) bond motifs is 1. The Balaban J connectivity index is 1.75. The second-order valence-corrected chi connectivity index (χ2v) is 6.20. The zero-order valence-corrected chi connectivity index (χ0v) is 15.6. The molecule has 144 valence electrons. The van der Waals surface area contributed by atoms with Gasteiger partial charge in [0.25, 0.3) is 5.91 Å². The van der Waals surface area contributed by atoms with Crippen molar-refractivity contribution in [2.24, 2.45) is 0 Å². The molecule has 0 radical (unpaired) electrons. The lowest BCUT2D eigenvalue weighted by Crippen LogP contribution is -2.14. The number of hydrogen-bond acceptors (Lipinski definition) is 5. The Hall–Kier alpha value is -4.31. The average Bonchev–Trinajstić information content (AvgIpc) is 2.70. The molecule has 0 aliphatic heterocycles. The normalized spacial score (nSPS) is 10.8. The molecule has 0 heterocycles. The highest BCUT2D eigenvalue weighted by atomic mass is 16.3. The summed E-state index contributed by atoms with van der Waals surface area (Å²) in [4.78, 5) is 23.4. The third-order valence-electron chi connectivity index (χ3n) is 4.10. The standard InChI is InChI=1S/C22H18N4O3/c1-14(27)25-16-8-10-17(11-9-16)26-22(29)15(12-23)13-24-20-6-2-5-19-18(20)4-3-7-21(19)28/h2-11,13,24,28H,1H3,(H,25,27)(H,26,29)/b15-13-. The Morgan fingerprint density at radius 3 is 2.21 bits per heavy atom. The number of hydrogen-bond donors (Lipinski definition) is 4. The lowest BCUT2D eigenvalue weighted by molar-refractivity contribution is -0.114. The molecule has 0 aliphatic rings. The van der Waals surface area contributed by atoms with Gasteiger partial charge in [0, 0.05) is 41.0 Å². The maximum atomic E-state index is 12.4. The van der Waals surface area contributed by atoms with Gasteiger partial charge in [0.2, 0.25) is 5.91 Å². The van der Waals surface area contributed by atoms with E-state index < -0.39 is 5.91 Å². The van der Waals surface area contributed by atoms with Crippen molar-refractivity contribution < 1.29 is 14.7 Å². The molecule has 7 heteroatoms. The van der Waals surface area contributed by atoms with E-state index in [4.69, 9.17) is 0 Å². The summed E-state index contributed by atoms with van der Waals surface area (Å²) in [5.41, 5.74) is 1.62. The van der Waals surface area contributed by atoms with Crippen molar-refractivity contribution in [3.8, 4) is 11.8 Å². The second kappa shape index (κ2) is 8.59. The van der Waals surface area contributed by atoms with E-state index >= 15 is 0 Å². The number of benzene rings is 3. The summed E-state index contributed by atoms with van der Waals surface area (Å²) in [7, 11) is 0. The van der Waals surface area contributed by atoms with Gasteiger partial charge in [-0.2, -0.15) is 5.26 Å². The second-order valence-electron chi connectivity index (χ2n) is 6.20. The fourth-order valence-electron chi connectivity index (χ4n) is 2.76. The minimum absolute atomic E-state index is 0.118. The van der Waals surface area contributed by atoms with E-state index in [1.54, 1.807) is 54.6 Å². The van der Waals surface area contributed by atoms with Crippen molar-refractivity contribution >= 4 is 39.6 Å². The molecule has 0 spiro atoms. The van der Waals surface area contributed by atoms with Crippen molar-refractivity contribution in [3.63, 3.8) is 0 Å². The Labute approximate surface area is 167 Å². The zero-order valence-electron chi connectivity index (χ0n) is 15.6. The zero-order chi connectivity index (χ0) is 20.8. The number of nitrogens with zero attached hydrogens (tertiary/aromatic N) is 1. The first-order valence-electron chi connectivity index (χ1n) is 8.74. The number of anilines is 3. The van der Waals surface area contributed by atoms with Crippen LogP contribution in [0.15, 0.2) is 72.4 Å². The molecule has 0 unspecified atom stereocenters. The molecular weight excluding hydrogens is 368 g/mol. The first kappa shape index (κ1) is 19.5. The fourth-order valence-corrected chi connectivity index (χ4v) is 2.76. The van der Waals surface area contributed by atoms with Gasteiger partial charge in [-0.1, -0.05) is 24.3 Å².